The number of hydrogen-bond donors (Lipinski definition) is 0. The maximum absolute atomic E-state index is 4.90. The number of fused-ring (bicyclic) bond motifs is 1. The Kier molecular flexibility index (Phi) is 3.21. The second kappa shape index (κ2) is 4.77. The SMILES string of the molecule is CN1CCN(c2nc3ccccc3n2C(C)(C)C)CC1. The van der Waals surface area contributed by atoms with E-state index in [4.69, 9.17) is 4.98 Å². The van der Waals surface area contributed by atoms with Crippen LogP contribution in [-0.4, -0.2) is 47.7 Å². The molecule has 1 fully saturated rings. The third-order valence-electron chi connectivity index (χ3n) is 4.00. The second-order valence-electron chi connectivity index (χ2n) is 6.70. The summed E-state index contributed by atoms with van der Waals surface area (Å²) < 4.78 is 2.38. The van der Waals surface area contributed by atoms with E-state index in [9.17, 15) is 0 Å². The van der Waals surface area contributed by atoms with Gasteiger partial charge in [-0.25, -0.2) is 4.98 Å². The maximum Gasteiger partial charge on any atom is 0.207 e. The number of para-hydroxylation sites is 2. The normalized spacial score (nSPS) is 17.9. The molecule has 4 heteroatoms. The lowest BCUT2D eigenvalue weighted by molar-refractivity contribution is 0.306. The van der Waals surface area contributed by atoms with Crippen molar-refractivity contribution in [1.82, 2.24) is 14.5 Å². The van der Waals surface area contributed by atoms with Crippen molar-refractivity contribution >= 4 is 17.0 Å². The van der Waals surface area contributed by atoms with Crippen LogP contribution in [0.15, 0.2) is 24.3 Å². The van der Waals surface area contributed by atoms with Crippen LogP contribution in [0.4, 0.5) is 5.95 Å². The summed E-state index contributed by atoms with van der Waals surface area (Å²) in [4.78, 5) is 9.70. The number of piperazine rings is 1. The highest BCUT2D eigenvalue weighted by atomic mass is 15.4. The molecular weight excluding hydrogens is 248 g/mol. The molecule has 1 aliphatic rings. The molecule has 1 aromatic carbocycles. The average Bonchev–Trinajstić information content (AvgIpc) is 2.78. The molecule has 2 heterocycles. The zero-order valence-electron chi connectivity index (χ0n) is 12.9. The van der Waals surface area contributed by atoms with Gasteiger partial charge in [0.25, 0.3) is 0 Å². The molecule has 108 valence electrons. The molecule has 0 atom stereocenters. The van der Waals surface area contributed by atoms with Gasteiger partial charge >= 0.3 is 0 Å². The lowest BCUT2D eigenvalue weighted by Crippen LogP contribution is -2.46. The molecule has 2 aromatic rings. The number of hydrogen-bond acceptors (Lipinski definition) is 3. The van der Waals surface area contributed by atoms with Gasteiger partial charge in [-0.15, -0.1) is 0 Å². The Hall–Kier alpha value is -1.55. The Morgan fingerprint density at radius 3 is 2.30 bits per heavy atom. The predicted molar refractivity (Wildman–Crippen MR) is 84.4 cm³/mol. The van der Waals surface area contributed by atoms with Crippen LogP contribution >= 0.6 is 0 Å². The molecule has 4 nitrogen and oxygen atoms in total. The monoisotopic (exact) mass is 272 g/mol. The summed E-state index contributed by atoms with van der Waals surface area (Å²) in [6.07, 6.45) is 0. The number of rotatable bonds is 1. The highest BCUT2D eigenvalue weighted by Crippen LogP contribution is 2.30. The summed E-state index contributed by atoms with van der Waals surface area (Å²) in [5.74, 6) is 1.12. The lowest BCUT2D eigenvalue weighted by Gasteiger charge is -2.35. The summed E-state index contributed by atoms with van der Waals surface area (Å²) in [6, 6.07) is 8.44. The quantitative estimate of drug-likeness (QED) is 0.797. The van der Waals surface area contributed by atoms with Crippen LogP contribution in [0.5, 0.6) is 0 Å². The van der Waals surface area contributed by atoms with Crippen LogP contribution in [0.1, 0.15) is 20.8 Å². The van der Waals surface area contributed by atoms with E-state index in [0.29, 0.717) is 0 Å². The van der Waals surface area contributed by atoms with Crippen LogP contribution in [0.25, 0.3) is 11.0 Å². The van der Waals surface area contributed by atoms with Gasteiger partial charge in [0, 0.05) is 31.7 Å². The molecule has 0 saturated carbocycles. The maximum atomic E-state index is 4.90. The number of likely N-dealkylation sites (N-methyl/N-ethyl adjacent to an activating group) is 1. The summed E-state index contributed by atoms with van der Waals surface area (Å²) in [6.45, 7) is 11.1. The van der Waals surface area contributed by atoms with Gasteiger partial charge < -0.3 is 14.4 Å². The number of benzene rings is 1. The molecule has 1 saturated heterocycles. The largest absolute Gasteiger partial charge is 0.340 e. The third kappa shape index (κ3) is 2.29. The van der Waals surface area contributed by atoms with Crippen molar-refractivity contribution in [3.63, 3.8) is 0 Å². The van der Waals surface area contributed by atoms with Gasteiger partial charge in [0.1, 0.15) is 0 Å². The Morgan fingerprint density at radius 2 is 1.65 bits per heavy atom. The second-order valence-corrected chi connectivity index (χ2v) is 6.70. The van der Waals surface area contributed by atoms with Gasteiger partial charge in [-0.3, -0.25) is 0 Å². The fourth-order valence-electron chi connectivity index (χ4n) is 2.89. The summed E-state index contributed by atoms with van der Waals surface area (Å²) >= 11 is 0. The van der Waals surface area contributed by atoms with Gasteiger partial charge in [0.2, 0.25) is 5.95 Å². The zero-order valence-corrected chi connectivity index (χ0v) is 12.9. The summed E-state index contributed by atoms with van der Waals surface area (Å²) in [5, 5.41) is 0. The number of imidazole rings is 1. The van der Waals surface area contributed by atoms with Crippen LogP contribution in [-0.2, 0) is 5.54 Å². The molecule has 20 heavy (non-hydrogen) atoms. The standard InChI is InChI=1S/C16H24N4/c1-16(2,3)20-14-8-6-5-7-13(14)17-15(20)19-11-9-18(4)10-12-19/h5-8H,9-12H2,1-4H3. The fraction of sp³-hybridized carbons (Fsp3) is 0.562. The van der Waals surface area contributed by atoms with Crippen LogP contribution in [0.2, 0.25) is 0 Å². The van der Waals surface area contributed by atoms with E-state index in [1.807, 2.05) is 0 Å². The molecule has 0 spiro atoms. The Bertz CT molecular complexity index is 600. The molecule has 0 aliphatic carbocycles. The van der Waals surface area contributed by atoms with Gasteiger partial charge in [-0.2, -0.15) is 0 Å². The molecule has 3 rings (SSSR count). The molecule has 0 amide bonds. The smallest absolute Gasteiger partial charge is 0.207 e. The zero-order chi connectivity index (χ0) is 14.3. The molecular formula is C16H24N4. The van der Waals surface area contributed by atoms with E-state index in [0.717, 1.165) is 37.6 Å². The van der Waals surface area contributed by atoms with E-state index in [2.05, 4.69) is 66.5 Å². The van der Waals surface area contributed by atoms with Crippen molar-refractivity contribution in [3.8, 4) is 0 Å². The van der Waals surface area contributed by atoms with E-state index in [1.165, 1.54) is 5.52 Å². The minimum atomic E-state index is 0.0365. The highest BCUT2D eigenvalue weighted by molar-refractivity contribution is 5.79. The predicted octanol–water partition coefficient (Wildman–Crippen LogP) is 2.54. The van der Waals surface area contributed by atoms with Crippen molar-refractivity contribution in [3.05, 3.63) is 24.3 Å². The van der Waals surface area contributed by atoms with Gasteiger partial charge in [-0.1, -0.05) is 12.1 Å². The van der Waals surface area contributed by atoms with Crippen molar-refractivity contribution < 1.29 is 0 Å². The van der Waals surface area contributed by atoms with Crippen molar-refractivity contribution in [2.45, 2.75) is 26.3 Å². The van der Waals surface area contributed by atoms with E-state index < -0.39 is 0 Å². The first kappa shape index (κ1) is 13.4. The Labute approximate surface area is 121 Å². The first-order valence-corrected chi connectivity index (χ1v) is 7.38. The number of aromatic nitrogens is 2. The van der Waals surface area contributed by atoms with E-state index in [-0.39, 0.29) is 5.54 Å². The van der Waals surface area contributed by atoms with Gasteiger partial charge in [0.15, 0.2) is 0 Å². The van der Waals surface area contributed by atoms with Crippen molar-refractivity contribution in [1.29, 1.82) is 0 Å². The average molecular weight is 272 g/mol. The first-order valence-electron chi connectivity index (χ1n) is 7.38. The summed E-state index contributed by atoms with van der Waals surface area (Å²) in [5.41, 5.74) is 2.36. The fourth-order valence-corrected chi connectivity index (χ4v) is 2.89. The van der Waals surface area contributed by atoms with Gasteiger partial charge in [0.05, 0.1) is 11.0 Å². The lowest BCUT2D eigenvalue weighted by atomic mass is 10.1. The summed E-state index contributed by atoms with van der Waals surface area (Å²) in [7, 11) is 2.18. The molecule has 0 radical (unpaired) electrons. The van der Waals surface area contributed by atoms with Crippen LogP contribution in [0, 0.1) is 0 Å². The number of anilines is 1. The topological polar surface area (TPSA) is 24.3 Å². The third-order valence-corrected chi connectivity index (χ3v) is 4.00. The Balaban J connectivity index is 2.10. The van der Waals surface area contributed by atoms with E-state index in [1.54, 1.807) is 0 Å². The van der Waals surface area contributed by atoms with Gasteiger partial charge in [-0.05, 0) is 40.0 Å². The van der Waals surface area contributed by atoms with Crippen LogP contribution < -0.4 is 4.90 Å². The van der Waals surface area contributed by atoms with E-state index >= 15 is 0 Å². The molecule has 0 unspecified atom stereocenters. The molecule has 0 N–H and O–H groups in total. The van der Waals surface area contributed by atoms with Crippen LogP contribution in [0.3, 0.4) is 0 Å². The number of nitrogens with zero attached hydrogens (tertiary/aromatic N) is 4. The van der Waals surface area contributed by atoms with Crippen molar-refractivity contribution in [2.24, 2.45) is 0 Å². The highest BCUT2D eigenvalue weighted by Gasteiger charge is 2.26. The Morgan fingerprint density at radius 1 is 1.00 bits per heavy atom. The minimum absolute atomic E-state index is 0.0365. The molecule has 1 aliphatic heterocycles. The minimum Gasteiger partial charge on any atom is -0.340 e. The molecule has 1 aromatic heterocycles. The first-order chi connectivity index (χ1) is 9.47. The van der Waals surface area contributed by atoms with Crippen molar-refractivity contribution in [2.75, 3.05) is 38.1 Å². The molecule has 0 bridgehead atoms.